The van der Waals surface area contributed by atoms with Crippen molar-refractivity contribution in [1.82, 2.24) is 4.90 Å². The summed E-state index contributed by atoms with van der Waals surface area (Å²) in [4.78, 5) is 27.4. The van der Waals surface area contributed by atoms with Crippen LogP contribution in [-0.4, -0.2) is 29.8 Å². The fourth-order valence-corrected chi connectivity index (χ4v) is 4.00. The number of nitrogens with one attached hydrogen (secondary N) is 1. The average molecular weight is 416 g/mol. The van der Waals surface area contributed by atoms with Gasteiger partial charge in [-0.15, -0.1) is 0 Å². The van der Waals surface area contributed by atoms with Gasteiger partial charge in [0, 0.05) is 31.1 Å². The van der Waals surface area contributed by atoms with Gasteiger partial charge >= 0.3 is 0 Å². The monoisotopic (exact) mass is 415 g/mol. The van der Waals surface area contributed by atoms with Crippen molar-refractivity contribution in [3.8, 4) is 0 Å². The Morgan fingerprint density at radius 2 is 1.63 bits per heavy atom. The molecule has 0 heterocycles. The lowest BCUT2D eigenvalue weighted by Gasteiger charge is -2.35. The number of anilines is 1. The molecule has 1 fully saturated rings. The molecule has 1 aromatic rings. The van der Waals surface area contributed by atoms with E-state index in [0.717, 1.165) is 36.9 Å². The second kappa shape index (κ2) is 10.4. The van der Waals surface area contributed by atoms with Gasteiger partial charge in [0.05, 0.1) is 0 Å². The standard InChI is InChI=1S/C25H41N3O2/c1-24(2,3)15-22(29)27-21-13-11-19(12-14-21)16-28(18-25(4,5)17-26)23(30)20-9-7-6-8-10-20/h11-14,20H,6-10,15-18,26H2,1-5H3,(H,27,29). The molecule has 0 radical (unpaired) electrons. The Morgan fingerprint density at radius 1 is 1.03 bits per heavy atom. The topological polar surface area (TPSA) is 75.4 Å². The third-order valence-corrected chi connectivity index (χ3v) is 5.74. The minimum Gasteiger partial charge on any atom is -0.338 e. The number of nitrogens with zero attached hydrogens (tertiary/aromatic N) is 1. The second-order valence-electron chi connectivity index (χ2n) is 10.9. The van der Waals surface area contributed by atoms with E-state index in [-0.39, 0.29) is 28.6 Å². The summed E-state index contributed by atoms with van der Waals surface area (Å²) >= 11 is 0. The van der Waals surface area contributed by atoms with Gasteiger partial charge in [0.1, 0.15) is 0 Å². The van der Waals surface area contributed by atoms with Crippen LogP contribution in [0.4, 0.5) is 5.69 Å². The van der Waals surface area contributed by atoms with E-state index in [1.165, 1.54) is 6.42 Å². The first kappa shape index (κ1) is 24.4. The Balaban J connectivity index is 2.07. The highest BCUT2D eigenvalue weighted by molar-refractivity contribution is 5.91. The number of nitrogens with two attached hydrogens (primary N) is 1. The molecule has 0 aliphatic heterocycles. The molecule has 5 heteroatoms. The number of hydrogen-bond acceptors (Lipinski definition) is 3. The molecule has 0 aromatic heterocycles. The molecule has 5 nitrogen and oxygen atoms in total. The number of amides is 2. The first-order valence-corrected chi connectivity index (χ1v) is 11.4. The zero-order chi connectivity index (χ0) is 22.4. The number of benzene rings is 1. The van der Waals surface area contributed by atoms with Gasteiger partial charge in [-0.2, -0.15) is 0 Å². The molecule has 1 saturated carbocycles. The summed E-state index contributed by atoms with van der Waals surface area (Å²) in [6, 6.07) is 7.85. The van der Waals surface area contributed by atoms with Gasteiger partial charge in [-0.1, -0.05) is 66.0 Å². The Labute approximate surface area is 182 Å². The van der Waals surface area contributed by atoms with Gasteiger partial charge < -0.3 is 16.0 Å². The predicted octanol–water partition coefficient (Wildman–Crippen LogP) is 4.96. The minimum absolute atomic E-state index is 0.0223. The van der Waals surface area contributed by atoms with Gasteiger partial charge in [-0.25, -0.2) is 0 Å². The fraction of sp³-hybridized carbons (Fsp3) is 0.680. The molecule has 1 aliphatic rings. The summed E-state index contributed by atoms with van der Waals surface area (Å²) in [6.45, 7) is 12.2. The number of rotatable bonds is 8. The molecule has 3 N–H and O–H groups in total. The number of carbonyl (C=O) groups is 2. The van der Waals surface area contributed by atoms with Gasteiger partial charge in [-0.3, -0.25) is 9.59 Å². The van der Waals surface area contributed by atoms with Crippen LogP contribution in [0.15, 0.2) is 24.3 Å². The first-order chi connectivity index (χ1) is 14.0. The molecule has 0 atom stereocenters. The molecule has 168 valence electrons. The lowest BCUT2D eigenvalue weighted by molar-refractivity contribution is -0.138. The van der Waals surface area contributed by atoms with E-state index in [4.69, 9.17) is 5.73 Å². The first-order valence-electron chi connectivity index (χ1n) is 11.4. The zero-order valence-corrected chi connectivity index (χ0v) is 19.6. The predicted molar refractivity (Wildman–Crippen MR) is 124 cm³/mol. The SMILES string of the molecule is CC(C)(C)CC(=O)Nc1ccc(CN(CC(C)(C)CN)C(=O)C2CCCCC2)cc1. The largest absolute Gasteiger partial charge is 0.338 e. The van der Waals surface area contributed by atoms with E-state index in [1.807, 2.05) is 29.2 Å². The van der Waals surface area contributed by atoms with Crippen LogP contribution in [0.3, 0.4) is 0 Å². The van der Waals surface area contributed by atoms with E-state index in [1.54, 1.807) is 0 Å². The van der Waals surface area contributed by atoms with Crippen molar-refractivity contribution in [2.45, 2.75) is 79.7 Å². The summed E-state index contributed by atoms with van der Waals surface area (Å²) in [7, 11) is 0. The van der Waals surface area contributed by atoms with Crippen LogP contribution in [0.5, 0.6) is 0 Å². The molecule has 1 aliphatic carbocycles. The van der Waals surface area contributed by atoms with Gasteiger partial charge in [0.2, 0.25) is 11.8 Å². The minimum atomic E-state index is -0.120. The third kappa shape index (κ3) is 8.10. The molecular formula is C25H41N3O2. The van der Waals surface area contributed by atoms with E-state index in [9.17, 15) is 9.59 Å². The van der Waals surface area contributed by atoms with Crippen molar-refractivity contribution in [2.75, 3.05) is 18.4 Å². The van der Waals surface area contributed by atoms with E-state index >= 15 is 0 Å². The maximum atomic E-state index is 13.3. The van der Waals surface area contributed by atoms with Crippen LogP contribution in [0, 0.1) is 16.7 Å². The van der Waals surface area contributed by atoms with Crippen molar-refractivity contribution in [3.05, 3.63) is 29.8 Å². The molecule has 1 aromatic carbocycles. The van der Waals surface area contributed by atoms with Crippen molar-refractivity contribution in [3.63, 3.8) is 0 Å². The molecule has 0 bridgehead atoms. The van der Waals surface area contributed by atoms with Gasteiger partial charge in [-0.05, 0) is 47.9 Å². The normalized spacial score (nSPS) is 15.7. The van der Waals surface area contributed by atoms with Gasteiger partial charge in [0.25, 0.3) is 0 Å². The summed E-state index contributed by atoms with van der Waals surface area (Å²) in [6.07, 6.45) is 6.00. The quantitative estimate of drug-likeness (QED) is 0.630. The van der Waals surface area contributed by atoms with Gasteiger partial charge in [0.15, 0.2) is 0 Å². The van der Waals surface area contributed by atoms with Crippen molar-refractivity contribution < 1.29 is 9.59 Å². The van der Waals surface area contributed by atoms with Crippen molar-refractivity contribution in [1.29, 1.82) is 0 Å². The summed E-state index contributed by atoms with van der Waals surface area (Å²) in [5.41, 5.74) is 7.66. The van der Waals surface area contributed by atoms with E-state index in [2.05, 4.69) is 39.9 Å². The summed E-state index contributed by atoms with van der Waals surface area (Å²) < 4.78 is 0. The highest BCUT2D eigenvalue weighted by atomic mass is 16.2. The average Bonchev–Trinajstić information content (AvgIpc) is 2.67. The number of hydrogen-bond donors (Lipinski definition) is 2. The second-order valence-corrected chi connectivity index (χ2v) is 10.9. The molecular weight excluding hydrogens is 374 g/mol. The Hall–Kier alpha value is -1.88. The molecule has 0 spiro atoms. The van der Waals surface area contributed by atoms with Crippen molar-refractivity contribution in [2.24, 2.45) is 22.5 Å². The lowest BCUT2D eigenvalue weighted by Crippen LogP contribution is -2.44. The summed E-state index contributed by atoms with van der Waals surface area (Å²) in [5.74, 6) is 0.427. The maximum absolute atomic E-state index is 13.3. The van der Waals surface area contributed by atoms with Crippen LogP contribution in [-0.2, 0) is 16.1 Å². The highest BCUT2D eigenvalue weighted by Crippen LogP contribution is 2.28. The van der Waals surface area contributed by atoms with Crippen LogP contribution < -0.4 is 11.1 Å². The maximum Gasteiger partial charge on any atom is 0.225 e. The van der Waals surface area contributed by atoms with Crippen LogP contribution >= 0.6 is 0 Å². The Morgan fingerprint density at radius 3 is 2.17 bits per heavy atom. The van der Waals surface area contributed by atoms with Crippen LogP contribution in [0.25, 0.3) is 0 Å². The summed E-state index contributed by atoms with van der Waals surface area (Å²) in [5, 5.41) is 2.96. The smallest absolute Gasteiger partial charge is 0.225 e. The Bertz CT molecular complexity index is 698. The molecule has 0 unspecified atom stereocenters. The fourth-order valence-electron chi connectivity index (χ4n) is 4.00. The Kier molecular flexibility index (Phi) is 8.48. The van der Waals surface area contributed by atoms with Crippen LogP contribution in [0.1, 0.15) is 78.7 Å². The molecule has 30 heavy (non-hydrogen) atoms. The number of carbonyl (C=O) groups excluding carboxylic acids is 2. The van der Waals surface area contributed by atoms with E-state index < -0.39 is 0 Å². The van der Waals surface area contributed by atoms with E-state index in [0.29, 0.717) is 26.1 Å². The van der Waals surface area contributed by atoms with Crippen molar-refractivity contribution >= 4 is 17.5 Å². The molecule has 2 rings (SSSR count). The molecule has 2 amide bonds. The third-order valence-electron chi connectivity index (χ3n) is 5.74. The lowest BCUT2D eigenvalue weighted by atomic mass is 9.86. The highest BCUT2D eigenvalue weighted by Gasteiger charge is 2.29. The van der Waals surface area contributed by atoms with Crippen LogP contribution in [0.2, 0.25) is 0 Å². The zero-order valence-electron chi connectivity index (χ0n) is 19.6. The molecule has 0 saturated heterocycles.